The van der Waals surface area contributed by atoms with Crippen LogP contribution in [0.1, 0.15) is 39.5 Å². The van der Waals surface area contributed by atoms with Gasteiger partial charge in [0.05, 0.1) is 5.41 Å². The van der Waals surface area contributed by atoms with Gasteiger partial charge in [-0.15, -0.1) is 0 Å². The smallest absolute Gasteiger partial charge is 0.314 e. The maximum Gasteiger partial charge on any atom is 0.314 e. The molecule has 5 nitrogen and oxygen atoms in total. The lowest BCUT2D eigenvalue weighted by molar-refractivity contribution is -0.149. The second-order valence-corrected chi connectivity index (χ2v) is 4.80. The molecule has 0 aliphatic heterocycles. The van der Waals surface area contributed by atoms with Gasteiger partial charge in [0.25, 0.3) is 0 Å². The summed E-state index contributed by atoms with van der Waals surface area (Å²) in [7, 11) is 0. The van der Waals surface area contributed by atoms with Crippen molar-refractivity contribution < 1.29 is 14.7 Å². The lowest BCUT2D eigenvalue weighted by atomic mass is 9.82. The number of nitrogens with one attached hydrogen (secondary N) is 2. The molecule has 98 valence electrons. The SMILES string of the molecule is CCC(CC)(CNC(=O)NCC1CC1)C(=O)O. The number of carboxylic acids is 1. The molecule has 0 spiro atoms. The summed E-state index contributed by atoms with van der Waals surface area (Å²) >= 11 is 0. The quantitative estimate of drug-likeness (QED) is 0.634. The minimum atomic E-state index is -0.843. The lowest BCUT2D eigenvalue weighted by Crippen LogP contribution is -2.46. The predicted molar refractivity (Wildman–Crippen MR) is 64.8 cm³/mol. The van der Waals surface area contributed by atoms with Gasteiger partial charge in [-0.05, 0) is 31.6 Å². The van der Waals surface area contributed by atoms with Crippen LogP contribution < -0.4 is 10.6 Å². The van der Waals surface area contributed by atoms with Crippen molar-refractivity contribution in [1.82, 2.24) is 10.6 Å². The molecule has 0 heterocycles. The fourth-order valence-electron chi connectivity index (χ4n) is 1.75. The summed E-state index contributed by atoms with van der Waals surface area (Å²) in [5, 5.41) is 14.6. The maximum absolute atomic E-state index is 11.5. The first-order valence-electron chi connectivity index (χ1n) is 6.29. The van der Waals surface area contributed by atoms with Gasteiger partial charge in [-0.25, -0.2) is 4.79 Å². The first-order valence-corrected chi connectivity index (χ1v) is 6.29. The van der Waals surface area contributed by atoms with E-state index in [1.807, 2.05) is 13.8 Å². The van der Waals surface area contributed by atoms with Crippen molar-refractivity contribution in [2.75, 3.05) is 13.1 Å². The number of carbonyl (C=O) groups is 2. The zero-order valence-corrected chi connectivity index (χ0v) is 10.6. The molecular weight excluding hydrogens is 220 g/mol. The van der Waals surface area contributed by atoms with E-state index in [9.17, 15) is 14.7 Å². The number of hydrogen-bond acceptors (Lipinski definition) is 2. The molecule has 1 rings (SSSR count). The van der Waals surface area contributed by atoms with Crippen LogP contribution in [0.2, 0.25) is 0 Å². The van der Waals surface area contributed by atoms with Gasteiger partial charge < -0.3 is 15.7 Å². The van der Waals surface area contributed by atoms with Gasteiger partial charge in [0, 0.05) is 13.1 Å². The zero-order chi connectivity index (χ0) is 12.9. The Kier molecular flexibility index (Phi) is 4.78. The van der Waals surface area contributed by atoms with Gasteiger partial charge in [-0.2, -0.15) is 0 Å². The largest absolute Gasteiger partial charge is 0.481 e. The number of carboxylic acid groups (broad SMARTS) is 1. The molecule has 0 aromatic rings. The summed E-state index contributed by atoms with van der Waals surface area (Å²) in [6.07, 6.45) is 3.40. The van der Waals surface area contributed by atoms with Crippen LogP contribution in [0.3, 0.4) is 0 Å². The average Bonchev–Trinajstić information content (AvgIpc) is 3.12. The fraction of sp³-hybridized carbons (Fsp3) is 0.833. The molecule has 0 radical (unpaired) electrons. The molecule has 0 saturated heterocycles. The third-order valence-corrected chi connectivity index (χ3v) is 3.64. The van der Waals surface area contributed by atoms with Crippen molar-refractivity contribution in [3.8, 4) is 0 Å². The van der Waals surface area contributed by atoms with Gasteiger partial charge in [0.15, 0.2) is 0 Å². The van der Waals surface area contributed by atoms with Crippen molar-refractivity contribution >= 4 is 12.0 Å². The molecule has 1 saturated carbocycles. The highest BCUT2D eigenvalue weighted by Gasteiger charge is 2.35. The first-order chi connectivity index (χ1) is 8.04. The Bertz CT molecular complexity index is 283. The van der Waals surface area contributed by atoms with Crippen LogP contribution >= 0.6 is 0 Å². The number of hydrogen-bond donors (Lipinski definition) is 3. The Morgan fingerprint density at radius 2 is 1.82 bits per heavy atom. The molecule has 0 atom stereocenters. The van der Waals surface area contributed by atoms with Crippen LogP contribution in [-0.4, -0.2) is 30.2 Å². The number of urea groups is 1. The highest BCUT2D eigenvalue weighted by molar-refractivity contribution is 5.78. The summed E-state index contributed by atoms with van der Waals surface area (Å²) in [5.74, 6) is -0.215. The normalized spacial score (nSPS) is 15.4. The molecule has 1 aliphatic rings. The summed E-state index contributed by atoms with van der Waals surface area (Å²) < 4.78 is 0. The van der Waals surface area contributed by atoms with E-state index in [1.165, 1.54) is 12.8 Å². The topological polar surface area (TPSA) is 78.4 Å². The molecule has 1 aliphatic carbocycles. The standard InChI is InChI=1S/C12H22N2O3/c1-3-12(4-2,10(15)16)8-14-11(17)13-7-9-5-6-9/h9H,3-8H2,1-2H3,(H,15,16)(H2,13,14,17). The third kappa shape index (κ3) is 3.91. The average molecular weight is 242 g/mol. The van der Waals surface area contributed by atoms with Crippen molar-refractivity contribution in [2.24, 2.45) is 11.3 Å². The van der Waals surface area contributed by atoms with Crippen molar-refractivity contribution in [1.29, 1.82) is 0 Å². The number of carbonyl (C=O) groups excluding carboxylic acids is 1. The van der Waals surface area contributed by atoms with Gasteiger partial charge in [0.1, 0.15) is 0 Å². The zero-order valence-electron chi connectivity index (χ0n) is 10.6. The first kappa shape index (κ1) is 13.8. The van der Waals surface area contributed by atoms with Crippen LogP contribution in [0.5, 0.6) is 0 Å². The van der Waals surface area contributed by atoms with E-state index >= 15 is 0 Å². The molecule has 0 bridgehead atoms. The second kappa shape index (κ2) is 5.89. The van der Waals surface area contributed by atoms with E-state index in [0.29, 0.717) is 25.3 Å². The lowest BCUT2D eigenvalue weighted by Gasteiger charge is -2.26. The minimum absolute atomic E-state index is 0.186. The number of rotatable bonds is 7. The molecule has 2 amide bonds. The van der Waals surface area contributed by atoms with Crippen LogP contribution in [0.15, 0.2) is 0 Å². The third-order valence-electron chi connectivity index (χ3n) is 3.64. The number of aliphatic carboxylic acids is 1. The van der Waals surface area contributed by atoms with Gasteiger partial charge in [-0.1, -0.05) is 13.8 Å². The van der Waals surface area contributed by atoms with Gasteiger partial charge in [0.2, 0.25) is 0 Å². The van der Waals surface area contributed by atoms with Crippen LogP contribution in [0.4, 0.5) is 4.79 Å². The summed E-state index contributed by atoms with van der Waals surface area (Å²) in [6.45, 7) is 4.55. The molecule has 1 fully saturated rings. The highest BCUT2D eigenvalue weighted by Crippen LogP contribution is 2.27. The minimum Gasteiger partial charge on any atom is -0.481 e. The van der Waals surface area contributed by atoms with Gasteiger partial charge in [-0.3, -0.25) is 4.79 Å². The Balaban J connectivity index is 2.34. The molecular formula is C12H22N2O3. The van der Waals surface area contributed by atoms with E-state index in [1.54, 1.807) is 0 Å². The monoisotopic (exact) mass is 242 g/mol. The van der Waals surface area contributed by atoms with Crippen LogP contribution in [0, 0.1) is 11.3 Å². The molecule has 17 heavy (non-hydrogen) atoms. The molecule has 0 aromatic heterocycles. The Labute approximate surface area is 102 Å². The summed E-state index contributed by atoms with van der Waals surface area (Å²) in [5.41, 5.74) is -0.836. The summed E-state index contributed by atoms with van der Waals surface area (Å²) in [4.78, 5) is 22.7. The maximum atomic E-state index is 11.5. The van der Waals surface area contributed by atoms with E-state index < -0.39 is 11.4 Å². The van der Waals surface area contributed by atoms with Crippen LogP contribution in [0.25, 0.3) is 0 Å². The number of amides is 2. The van der Waals surface area contributed by atoms with Crippen LogP contribution in [-0.2, 0) is 4.79 Å². The van der Waals surface area contributed by atoms with E-state index in [-0.39, 0.29) is 12.6 Å². The fourth-order valence-corrected chi connectivity index (χ4v) is 1.75. The molecule has 0 aromatic carbocycles. The molecule has 5 heteroatoms. The Morgan fingerprint density at radius 1 is 1.24 bits per heavy atom. The van der Waals surface area contributed by atoms with Gasteiger partial charge >= 0.3 is 12.0 Å². The van der Waals surface area contributed by atoms with Crippen molar-refractivity contribution in [2.45, 2.75) is 39.5 Å². The Morgan fingerprint density at radius 3 is 2.24 bits per heavy atom. The molecule has 3 N–H and O–H groups in total. The molecule has 0 unspecified atom stereocenters. The summed E-state index contributed by atoms with van der Waals surface area (Å²) in [6, 6.07) is -0.260. The second-order valence-electron chi connectivity index (χ2n) is 4.80. The van der Waals surface area contributed by atoms with Crippen molar-refractivity contribution in [3.05, 3.63) is 0 Å². The Hall–Kier alpha value is -1.26. The van der Waals surface area contributed by atoms with E-state index in [2.05, 4.69) is 10.6 Å². The highest BCUT2D eigenvalue weighted by atomic mass is 16.4. The predicted octanol–water partition coefficient (Wildman–Crippen LogP) is 1.59. The van der Waals surface area contributed by atoms with E-state index in [4.69, 9.17) is 0 Å². The van der Waals surface area contributed by atoms with E-state index in [0.717, 1.165) is 0 Å². The van der Waals surface area contributed by atoms with Crippen molar-refractivity contribution in [3.63, 3.8) is 0 Å².